The average molecular weight is 745 g/mol. The van der Waals surface area contributed by atoms with Gasteiger partial charge in [-0.05, 0) is 89.6 Å². The third kappa shape index (κ3) is 7.41. The number of aromatic hydroxyl groups is 4. The molecule has 19 heteroatoms. The van der Waals surface area contributed by atoms with Gasteiger partial charge in [-0.15, -0.1) is 20.5 Å². The highest BCUT2D eigenvalue weighted by molar-refractivity contribution is 7.86. The normalized spacial score (nSPS) is 12.2. The largest absolute Gasteiger partial charge is 0.506 e. The number of para-hydroxylation sites is 1. The van der Waals surface area contributed by atoms with Gasteiger partial charge in [0.15, 0.2) is 11.5 Å². The minimum absolute atomic E-state index is 0.0111. The van der Waals surface area contributed by atoms with E-state index in [1.807, 2.05) is 0 Å². The van der Waals surface area contributed by atoms with E-state index in [9.17, 15) is 51.2 Å². The minimum atomic E-state index is -5.06. The molecule has 0 fully saturated rings. The molecule has 17 nitrogen and oxygen atoms in total. The molecule has 2 amide bonds. The molecule has 0 aliphatic carbocycles. The number of benzene rings is 6. The van der Waals surface area contributed by atoms with Crippen molar-refractivity contribution in [1.82, 2.24) is 0 Å². The number of hydrogen-bond donors (Lipinski definition) is 8. The number of carbonyl (C=O) groups excluding carboxylic acids is 1. The lowest BCUT2D eigenvalue weighted by Crippen LogP contribution is -2.19. The summed E-state index contributed by atoms with van der Waals surface area (Å²) in [5, 5.41) is 63.1. The summed E-state index contributed by atoms with van der Waals surface area (Å²) < 4.78 is 66.7. The zero-order chi connectivity index (χ0) is 37.4. The second kappa shape index (κ2) is 13.6. The number of anilines is 2. The van der Waals surface area contributed by atoms with Crippen LogP contribution in [0.25, 0.3) is 21.5 Å². The van der Waals surface area contributed by atoms with Crippen molar-refractivity contribution in [3.8, 4) is 23.0 Å². The highest BCUT2D eigenvalue weighted by Gasteiger charge is 2.23. The highest BCUT2D eigenvalue weighted by Crippen LogP contribution is 2.43. The summed E-state index contributed by atoms with van der Waals surface area (Å²) in [5.41, 5.74) is -0.422. The smallest absolute Gasteiger partial charge is 0.323 e. The first-order valence-electron chi connectivity index (χ1n) is 14.6. The first-order chi connectivity index (χ1) is 24.6. The molecule has 0 saturated carbocycles. The Morgan fingerprint density at radius 2 is 1.13 bits per heavy atom. The number of nitrogens with one attached hydrogen (secondary N) is 2. The Kier molecular flexibility index (Phi) is 9.17. The SMILES string of the molecule is O=C(Nc1ccc2c(O)c(N=Nc3ccccc3O)ccc2c1)Nc1ccc2c(O)c(N=Nc3cc(S(=O)(=O)O)ccc3O)c(S(=O)(=O)O)cc2c1. The van der Waals surface area contributed by atoms with E-state index in [-0.39, 0.29) is 39.3 Å². The van der Waals surface area contributed by atoms with Crippen LogP contribution in [0.5, 0.6) is 23.0 Å². The van der Waals surface area contributed by atoms with Crippen LogP contribution in [0.4, 0.5) is 38.9 Å². The van der Waals surface area contributed by atoms with Crippen molar-refractivity contribution in [3.63, 3.8) is 0 Å². The van der Waals surface area contributed by atoms with Crippen LogP contribution < -0.4 is 10.6 Å². The first-order valence-corrected chi connectivity index (χ1v) is 17.5. The van der Waals surface area contributed by atoms with Crippen LogP contribution in [0.15, 0.2) is 127 Å². The summed E-state index contributed by atoms with van der Waals surface area (Å²) in [5.74, 6) is -1.62. The fourth-order valence-corrected chi connectivity index (χ4v) is 6.14. The molecule has 0 aromatic heterocycles. The van der Waals surface area contributed by atoms with E-state index in [1.54, 1.807) is 36.4 Å². The summed E-state index contributed by atoms with van der Waals surface area (Å²) in [6, 6.07) is 20.9. The van der Waals surface area contributed by atoms with E-state index in [4.69, 9.17) is 0 Å². The van der Waals surface area contributed by atoms with Crippen LogP contribution in [0.3, 0.4) is 0 Å². The van der Waals surface area contributed by atoms with Crippen LogP contribution >= 0.6 is 0 Å². The molecule has 52 heavy (non-hydrogen) atoms. The third-order valence-electron chi connectivity index (χ3n) is 7.46. The van der Waals surface area contributed by atoms with Crippen molar-refractivity contribution in [2.45, 2.75) is 9.79 Å². The Labute approximate surface area is 293 Å². The summed E-state index contributed by atoms with van der Waals surface area (Å²) in [6.45, 7) is 0. The molecule has 0 unspecified atom stereocenters. The first kappa shape index (κ1) is 35.2. The van der Waals surface area contributed by atoms with Crippen LogP contribution in [-0.2, 0) is 20.2 Å². The number of rotatable bonds is 8. The maximum absolute atomic E-state index is 12.9. The molecule has 0 radical (unpaired) electrons. The fourth-order valence-electron chi connectivity index (χ4n) is 4.98. The molecule has 0 aliphatic heterocycles. The monoisotopic (exact) mass is 744 g/mol. The van der Waals surface area contributed by atoms with Crippen LogP contribution in [0, 0.1) is 0 Å². The van der Waals surface area contributed by atoms with Crippen LogP contribution in [0.2, 0.25) is 0 Å². The van der Waals surface area contributed by atoms with E-state index >= 15 is 0 Å². The predicted octanol–water partition coefficient (Wildman–Crippen LogP) is 7.78. The number of phenols is 4. The Morgan fingerprint density at radius 1 is 0.538 bits per heavy atom. The maximum Gasteiger partial charge on any atom is 0.323 e. The highest BCUT2D eigenvalue weighted by atomic mass is 32.2. The minimum Gasteiger partial charge on any atom is -0.506 e. The molecular weight excluding hydrogens is 721 g/mol. The van der Waals surface area contributed by atoms with Crippen LogP contribution in [0.1, 0.15) is 0 Å². The van der Waals surface area contributed by atoms with Crippen molar-refractivity contribution in [1.29, 1.82) is 0 Å². The lowest BCUT2D eigenvalue weighted by molar-refractivity contribution is 0.262. The number of nitrogens with zero attached hydrogens (tertiary/aromatic N) is 4. The van der Waals surface area contributed by atoms with Gasteiger partial charge in [0.25, 0.3) is 20.2 Å². The van der Waals surface area contributed by atoms with E-state index in [0.717, 1.165) is 24.3 Å². The molecule has 6 rings (SSSR count). The van der Waals surface area contributed by atoms with Gasteiger partial charge in [0.05, 0.1) is 4.90 Å². The Balaban J connectivity index is 1.23. The molecule has 0 saturated heterocycles. The number of fused-ring (bicyclic) bond motifs is 2. The maximum atomic E-state index is 12.9. The number of hydrogen-bond acceptors (Lipinski definition) is 13. The Hall–Kier alpha value is -6.67. The molecule has 264 valence electrons. The molecule has 0 heterocycles. The molecule has 0 bridgehead atoms. The van der Waals surface area contributed by atoms with E-state index < -0.39 is 58.9 Å². The molecule has 6 aromatic carbocycles. The summed E-state index contributed by atoms with van der Waals surface area (Å²) >= 11 is 0. The van der Waals surface area contributed by atoms with E-state index in [1.165, 1.54) is 36.4 Å². The van der Waals surface area contributed by atoms with Gasteiger partial charge in [-0.3, -0.25) is 9.11 Å². The van der Waals surface area contributed by atoms with Crippen LogP contribution in [-0.4, -0.2) is 52.4 Å². The number of carbonyl (C=O) groups is 1. The molecule has 0 atom stereocenters. The summed E-state index contributed by atoms with van der Waals surface area (Å²) in [7, 11) is -9.76. The third-order valence-corrected chi connectivity index (χ3v) is 9.18. The number of urea groups is 1. The standard InChI is InChI=1S/C33H24N6O11S2/c40-27-4-2-1-3-24(27)36-37-25-11-5-17-13-19(6-9-22(17)31(25)42)34-33(44)35-20-7-10-23-18(14-20)15-29(52(48,49)50)30(32(23)43)39-38-26-16-21(51(45,46)47)8-12-28(26)41/h1-16,40-43H,(H2,34,35,44)(H,45,46,47)(H,48,49,50). The fraction of sp³-hybridized carbons (Fsp3) is 0. The zero-order valence-electron chi connectivity index (χ0n) is 26.1. The lowest BCUT2D eigenvalue weighted by atomic mass is 10.1. The van der Waals surface area contributed by atoms with Crippen molar-refractivity contribution < 1.29 is 51.2 Å². The topological polar surface area (TPSA) is 280 Å². The van der Waals surface area contributed by atoms with Gasteiger partial charge in [-0.1, -0.05) is 18.2 Å². The van der Waals surface area contributed by atoms with Crippen molar-refractivity contribution >= 4 is 81.9 Å². The van der Waals surface area contributed by atoms with E-state index in [0.29, 0.717) is 16.5 Å². The van der Waals surface area contributed by atoms with Gasteiger partial charge in [0, 0.05) is 22.1 Å². The van der Waals surface area contributed by atoms with Crippen molar-refractivity contribution in [3.05, 3.63) is 97.1 Å². The van der Waals surface area contributed by atoms with Gasteiger partial charge in [-0.2, -0.15) is 16.8 Å². The van der Waals surface area contributed by atoms with Gasteiger partial charge >= 0.3 is 6.03 Å². The molecule has 0 spiro atoms. The predicted molar refractivity (Wildman–Crippen MR) is 188 cm³/mol. The number of phenolic OH excluding ortho intramolecular Hbond substituents is 4. The second-order valence-corrected chi connectivity index (χ2v) is 13.8. The van der Waals surface area contributed by atoms with Gasteiger partial charge in [0.1, 0.15) is 39.1 Å². The summed E-state index contributed by atoms with van der Waals surface area (Å²) in [6.07, 6.45) is 0. The van der Waals surface area contributed by atoms with Gasteiger partial charge < -0.3 is 31.1 Å². The molecule has 8 N–H and O–H groups in total. The molecule has 6 aromatic rings. The van der Waals surface area contributed by atoms with E-state index in [2.05, 4.69) is 31.1 Å². The van der Waals surface area contributed by atoms with Gasteiger partial charge in [-0.25, -0.2) is 4.79 Å². The Bertz CT molecular complexity index is 2720. The van der Waals surface area contributed by atoms with Crippen molar-refractivity contribution in [2.75, 3.05) is 10.6 Å². The Morgan fingerprint density at radius 3 is 1.79 bits per heavy atom. The molecular formula is C33H24N6O11S2. The second-order valence-electron chi connectivity index (χ2n) is 10.9. The summed E-state index contributed by atoms with van der Waals surface area (Å²) in [4.78, 5) is 11.3. The zero-order valence-corrected chi connectivity index (χ0v) is 27.7. The number of amides is 2. The van der Waals surface area contributed by atoms with Crippen molar-refractivity contribution in [2.24, 2.45) is 20.5 Å². The van der Waals surface area contributed by atoms with Gasteiger partial charge in [0.2, 0.25) is 0 Å². The number of azo groups is 2. The molecule has 0 aliphatic rings. The lowest BCUT2D eigenvalue weighted by Gasteiger charge is -2.12. The average Bonchev–Trinajstić information content (AvgIpc) is 3.07. The quantitative estimate of drug-likeness (QED) is 0.0550.